The second-order valence-corrected chi connectivity index (χ2v) is 5.59. The Labute approximate surface area is 100 Å². The number of H-pyrrole nitrogens is 1. The molecule has 0 aliphatic heterocycles. The molecule has 1 aromatic rings. The zero-order valence-corrected chi connectivity index (χ0v) is 10.6. The van der Waals surface area contributed by atoms with Crippen molar-refractivity contribution in [2.75, 3.05) is 6.54 Å². The van der Waals surface area contributed by atoms with E-state index in [1.54, 1.807) is 13.8 Å². The van der Waals surface area contributed by atoms with E-state index < -0.39 is 22.0 Å². The Morgan fingerprint density at radius 3 is 2.65 bits per heavy atom. The van der Waals surface area contributed by atoms with E-state index in [1.807, 2.05) is 0 Å². The lowest BCUT2D eigenvalue weighted by Crippen LogP contribution is -2.39. The average Bonchev–Trinajstić information content (AvgIpc) is 2.69. The Morgan fingerprint density at radius 2 is 2.24 bits per heavy atom. The minimum Gasteiger partial charge on any atom is -0.481 e. The zero-order valence-electron chi connectivity index (χ0n) is 9.75. The van der Waals surface area contributed by atoms with E-state index >= 15 is 0 Å². The predicted molar refractivity (Wildman–Crippen MR) is 62.1 cm³/mol. The molecule has 7 heteroatoms. The summed E-state index contributed by atoms with van der Waals surface area (Å²) in [5.41, 5.74) is 0. The van der Waals surface area contributed by atoms with Crippen molar-refractivity contribution in [3.63, 3.8) is 0 Å². The number of aromatic amines is 1. The molecule has 0 aliphatic carbocycles. The van der Waals surface area contributed by atoms with Crippen molar-refractivity contribution >= 4 is 16.0 Å². The Hall–Kier alpha value is -1.34. The molecule has 2 N–H and O–H groups in total. The fourth-order valence-electron chi connectivity index (χ4n) is 1.68. The van der Waals surface area contributed by atoms with Gasteiger partial charge < -0.3 is 10.1 Å². The van der Waals surface area contributed by atoms with Gasteiger partial charge in [0.2, 0.25) is 10.0 Å². The molecule has 0 spiro atoms. The molecule has 1 aromatic heterocycles. The second-order valence-electron chi connectivity index (χ2n) is 3.70. The molecule has 1 atom stereocenters. The maximum absolute atomic E-state index is 12.2. The number of carboxylic acid groups (broad SMARTS) is 1. The molecular weight excluding hydrogens is 244 g/mol. The summed E-state index contributed by atoms with van der Waals surface area (Å²) in [6.07, 6.45) is 2.69. The lowest BCUT2D eigenvalue weighted by Gasteiger charge is -2.25. The summed E-state index contributed by atoms with van der Waals surface area (Å²) in [6.45, 7) is 3.51. The maximum atomic E-state index is 12.2. The number of sulfonamides is 1. The minimum atomic E-state index is -3.61. The third-order valence-corrected chi connectivity index (χ3v) is 4.53. The number of hydrogen-bond acceptors (Lipinski definition) is 3. The van der Waals surface area contributed by atoms with Gasteiger partial charge in [0, 0.05) is 25.0 Å². The van der Waals surface area contributed by atoms with Crippen LogP contribution in [0.5, 0.6) is 0 Å². The zero-order chi connectivity index (χ0) is 13.1. The molecule has 17 heavy (non-hydrogen) atoms. The third kappa shape index (κ3) is 3.07. The highest BCUT2D eigenvalue weighted by Gasteiger charge is 2.29. The van der Waals surface area contributed by atoms with Gasteiger partial charge in [-0.1, -0.05) is 6.92 Å². The van der Waals surface area contributed by atoms with E-state index in [0.29, 0.717) is 0 Å². The number of aromatic nitrogens is 1. The third-order valence-electron chi connectivity index (χ3n) is 2.45. The SMILES string of the molecule is CCN(C(C)CC(=O)O)S(=O)(=O)c1cc[nH]c1. The molecule has 1 rings (SSSR count). The number of nitrogens with zero attached hydrogens (tertiary/aromatic N) is 1. The Kier molecular flexibility index (Phi) is 4.30. The van der Waals surface area contributed by atoms with Crippen LogP contribution in [0.3, 0.4) is 0 Å². The van der Waals surface area contributed by atoms with Gasteiger partial charge in [-0.3, -0.25) is 4.79 Å². The monoisotopic (exact) mass is 260 g/mol. The van der Waals surface area contributed by atoms with Crippen LogP contribution in [0, 0.1) is 0 Å². The number of carbonyl (C=O) groups is 1. The Bertz CT molecular complexity index is 467. The molecule has 0 amide bonds. The van der Waals surface area contributed by atoms with Crippen molar-refractivity contribution in [2.45, 2.75) is 31.2 Å². The largest absolute Gasteiger partial charge is 0.481 e. The summed E-state index contributed by atoms with van der Waals surface area (Å²) >= 11 is 0. The number of rotatable bonds is 6. The van der Waals surface area contributed by atoms with Crippen LogP contribution < -0.4 is 0 Å². The number of carboxylic acids is 1. The summed E-state index contributed by atoms with van der Waals surface area (Å²) in [5.74, 6) is -1.01. The quantitative estimate of drug-likeness (QED) is 0.794. The first-order valence-electron chi connectivity index (χ1n) is 5.26. The second kappa shape index (κ2) is 5.33. The fourth-order valence-corrected chi connectivity index (χ4v) is 3.29. The summed E-state index contributed by atoms with van der Waals surface area (Å²) in [7, 11) is -3.61. The van der Waals surface area contributed by atoms with Crippen LogP contribution in [-0.2, 0) is 14.8 Å². The molecule has 0 fully saturated rings. The highest BCUT2D eigenvalue weighted by atomic mass is 32.2. The number of aliphatic carboxylic acids is 1. The van der Waals surface area contributed by atoms with Crippen LogP contribution in [-0.4, -0.2) is 41.4 Å². The van der Waals surface area contributed by atoms with Crippen molar-refractivity contribution < 1.29 is 18.3 Å². The van der Waals surface area contributed by atoms with Crippen LogP contribution in [0.15, 0.2) is 23.4 Å². The smallest absolute Gasteiger partial charge is 0.304 e. The topological polar surface area (TPSA) is 90.5 Å². The lowest BCUT2D eigenvalue weighted by atomic mass is 10.2. The van der Waals surface area contributed by atoms with Crippen molar-refractivity contribution in [3.8, 4) is 0 Å². The molecule has 1 heterocycles. The Morgan fingerprint density at radius 1 is 1.59 bits per heavy atom. The van der Waals surface area contributed by atoms with Crippen molar-refractivity contribution in [1.82, 2.24) is 9.29 Å². The first-order chi connectivity index (χ1) is 7.89. The lowest BCUT2D eigenvalue weighted by molar-refractivity contribution is -0.137. The van der Waals surface area contributed by atoms with Gasteiger partial charge in [-0.25, -0.2) is 8.42 Å². The van der Waals surface area contributed by atoms with Crippen molar-refractivity contribution in [2.24, 2.45) is 0 Å². The van der Waals surface area contributed by atoms with Gasteiger partial charge in [0.05, 0.1) is 11.3 Å². The number of nitrogens with one attached hydrogen (secondary N) is 1. The van der Waals surface area contributed by atoms with Gasteiger partial charge in [-0.15, -0.1) is 0 Å². The van der Waals surface area contributed by atoms with Crippen LogP contribution in [0.25, 0.3) is 0 Å². The molecule has 0 saturated heterocycles. The van der Waals surface area contributed by atoms with Gasteiger partial charge in [-0.05, 0) is 13.0 Å². The van der Waals surface area contributed by atoms with Crippen molar-refractivity contribution in [1.29, 1.82) is 0 Å². The van der Waals surface area contributed by atoms with E-state index in [0.717, 1.165) is 0 Å². The average molecular weight is 260 g/mol. The van der Waals surface area contributed by atoms with Crippen LogP contribution in [0.4, 0.5) is 0 Å². The molecule has 0 saturated carbocycles. The van der Waals surface area contributed by atoms with E-state index in [4.69, 9.17) is 5.11 Å². The van der Waals surface area contributed by atoms with Crippen LogP contribution >= 0.6 is 0 Å². The molecule has 96 valence electrons. The Balaban J connectivity index is 2.98. The predicted octanol–water partition coefficient (Wildman–Crippen LogP) is 0.888. The fraction of sp³-hybridized carbons (Fsp3) is 0.500. The summed E-state index contributed by atoms with van der Waals surface area (Å²) < 4.78 is 25.5. The maximum Gasteiger partial charge on any atom is 0.304 e. The standard InChI is InChI=1S/C10H16N2O4S/c1-3-12(8(2)6-10(13)14)17(15,16)9-4-5-11-7-9/h4-5,7-8,11H,3,6H2,1-2H3,(H,13,14). The highest BCUT2D eigenvalue weighted by molar-refractivity contribution is 7.89. The normalized spacial score (nSPS) is 13.8. The number of hydrogen-bond donors (Lipinski definition) is 2. The van der Waals surface area contributed by atoms with Gasteiger partial charge >= 0.3 is 5.97 Å². The van der Waals surface area contributed by atoms with Gasteiger partial charge in [0.25, 0.3) is 0 Å². The van der Waals surface area contributed by atoms with E-state index in [1.165, 1.54) is 22.8 Å². The van der Waals surface area contributed by atoms with Crippen molar-refractivity contribution in [3.05, 3.63) is 18.5 Å². The molecule has 1 unspecified atom stereocenters. The molecular formula is C10H16N2O4S. The van der Waals surface area contributed by atoms with E-state index in [-0.39, 0.29) is 17.9 Å². The van der Waals surface area contributed by atoms with E-state index in [9.17, 15) is 13.2 Å². The molecule has 6 nitrogen and oxygen atoms in total. The molecule has 0 bridgehead atoms. The van der Waals surface area contributed by atoms with Crippen LogP contribution in [0.1, 0.15) is 20.3 Å². The van der Waals surface area contributed by atoms with E-state index in [2.05, 4.69) is 4.98 Å². The van der Waals surface area contributed by atoms with Gasteiger partial charge in [0.1, 0.15) is 0 Å². The first-order valence-corrected chi connectivity index (χ1v) is 6.70. The minimum absolute atomic E-state index is 0.150. The summed E-state index contributed by atoms with van der Waals surface area (Å²) in [5, 5.41) is 8.70. The summed E-state index contributed by atoms with van der Waals surface area (Å²) in [4.78, 5) is 13.4. The summed E-state index contributed by atoms with van der Waals surface area (Å²) in [6, 6.07) is 0.878. The highest BCUT2D eigenvalue weighted by Crippen LogP contribution is 2.18. The molecule has 0 radical (unpaired) electrons. The van der Waals surface area contributed by atoms with Gasteiger partial charge in [0.15, 0.2) is 0 Å². The molecule has 0 aliphatic rings. The van der Waals surface area contributed by atoms with Gasteiger partial charge in [-0.2, -0.15) is 4.31 Å². The molecule has 0 aromatic carbocycles. The van der Waals surface area contributed by atoms with Crippen LogP contribution in [0.2, 0.25) is 0 Å². The first kappa shape index (κ1) is 13.7.